The topological polar surface area (TPSA) is 52.0 Å². The minimum atomic E-state index is -0.292. The van der Waals surface area contributed by atoms with Crippen molar-refractivity contribution in [1.82, 2.24) is 5.16 Å². The molecular formula is C15H10FIN2O. The Hall–Kier alpha value is -1.89. The van der Waals surface area contributed by atoms with E-state index in [9.17, 15) is 4.39 Å². The highest BCUT2D eigenvalue weighted by Gasteiger charge is 2.17. The lowest BCUT2D eigenvalue weighted by atomic mass is 10.0. The van der Waals surface area contributed by atoms with Crippen LogP contribution in [0.2, 0.25) is 0 Å². The first-order chi connectivity index (χ1) is 9.65. The maximum atomic E-state index is 13.0. The van der Waals surface area contributed by atoms with E-state index in [-0.39, 0.29) is 5.82 Å². The molecule has 0 saturated heterocycles. The third kappa shape index (κ3) is 2.40. The molecule has 3 nitrogen and oxygen atoms in total. The zero-order chi connectivity index (χ0) is 14.1. The number of anilines is 1. The molecule has 20 heavy (non-hydrogen) atoms. The van der Waals surface area contributed by atoms with Gasteiger partial charge in [0.1, 0.15) is 5.82 Å². The number of rotatable bonds is 2. The molecule has 0 spiro atoms. The Balaban J connectivity index is 2.17. The Kier molecular flexibility index (Phi) is 3.43. The fraction of sp³-hybridized carbons (Fsp3) is 0. The molecule has 100 valence electrons. The van der Waals surface area contributed by atoms with Gasteiger partial charge in [-0.1, -0.05) is 29.4 Å². The Morgan fingerprint density at radius 1 is 1.05 bits per heavy atom. The van der Waals surface area contributed by atoms with E-state index in [0.29, 0.717) is 17.1 Å². The second kappa shape index (κ2) is 5.24. The summed E-state index contributed by atoms with van der Waals surface area (Å²) in [6, 6.07) is 13.9. The number of benzene rings is 2. The summed E-state index contributed by atoms with van der Waals surface area (Å²) in [5, 5.41) is 3.83. The Morgan fingerprint density at radius 3 is 2.50 bits per heavy atom. The number of nitrogen functional groups attached to an aromatic ring is 1. The molecule has 2 aromatic carbocycles. The van der Waals surface area contributed by atoms with Gasteiger partial charge >= 0.3 is 0 Å². The molecule has 0 unspecified atom stereocenters. The highest BCUT2D eigenvalue weighted by Crippen LogP contribution is 2.36. The summed E-state index contributed by atoms with van der Waals surface area (Å²) >= 11 is 2.23. The van der Waals surface area contributed by atoms with Crippen LogP contribution in [0, 0.1) is 9.39 Å². The fourth-order valence-corrected chi connectivity index (χ4v) is 2.57. The van der Waals surface area contributed by atoms with Gasteiger partial charge in [0, 0.05) is 9.13 Å². The Bertz CT molecular complexity index is 753. The summed E-state index contributed by atoms with van der Waals surface area (Å²) in [6.07, 6.45) is 0. The number of aromatic nitrogens is 1. The van der Waals surface area contributed by atoms with Crippen molar-refractivity contribution in [1.29, 1.82) is 0 Å². The molecule has 2 N–H and O–H groups in total. The van der Waals surface area contributed by atoms with E-state index in [1.165, 1.54) is 12.1 Å². The molecule has 1 heterocycles. The van der Waals surface area contributed by atoms with Gasteiger partial charge < -0.3 is 10.3 Å². The summed E-state index contributed by atoms with van der Waals surface area (Å²) in [5.41, 5.74) is 8.24. The molecule has 0 saturated carbocycles. The van der Waals surface area contributed by atoms with Crippen molar-refractivity contribution in [2.24, 2.45) is 0 Å². The van der Waals surface area contributed by atoms with E-state index < -0.39 is 0 Å². The van der Waals surface area contributed by atoms with Crippen LogP contribution in [0.25, 0.3) is 22.5 Å². The average Bonchev–Trinajstić information content (AvgIpc) is 2.82. The largest absolute Gasteiger partial charge is 0.380 e. The maximum absolute atomic E-state index is 13.0. The van der Waals surface area contributed by atoms with Crippen molar-refractivity contribution >= 4 is 28.4 Å². The summed E-state index contributed by atoms with van der Waals surface area (Å²) < 4.78 is 19.5. The van der Waals surface area contributed by atoms with Gasteiger partial charge in [0.2, 0.25) is 0 Å². The van der Waals surface area contributed by atoms with Gasteiger partial charge in [0.15, 0.2) is 11.6 Å². The first-order valence-corrected chi connectivity index (χ1v) is 7.00. The Labute approximate surface area is 128 Å². The minimum absolute atomic E-state index is 0.292. The van der Waals surface area contributed by atoms with Crippen molar-refractivity contribution in [3.05, 3.63) is 57.9 Å². The molecule has 0 atom stereocenters. The van der Waals surface area contributed by atoms with Gasteiger partial charge in [-0.2, -0.15) is 0 Å². The first-order valence-electron chi connectivity index (χ1n) is 5.92. The molecule has 0 aliphatic heterocycles. The van der Waals surface area contributed by atoms with Crippen LogP contribution in [0.4, 0.5) is 10.2 Å². The summed E-state index contributed by atoms with van der Waals surface area (Å²) in [6.45, 7) is 0. The number of hydrogen-bond donors (Lipinski definition) is 1. The third-order valence-corrected chi connectivity index (χ3v) is 3.61. The number of hydrogen-bond acceptors (Lipinski definition) is 3. The van der Waals surface area contributed by atoms with E-state index in [0.717, 1.165) is 14.7 Å². The van der Waals surface area contributed by atoms with E-state index in [1.807, 2.05) is 24.3 Å². The lowest BCUT2D eigenvalue weighted by Crippen LogP contribution is -1.89. The summed E-state index contributed by atoms with van der Waals surface area (Å²) in [7, 11) is 0. The van der Waals surface area contributed by atoms with Crippen molar-refractivity contribution in [3.63, 3.8) is 0 Å². The van der Waals surface area contributed by atoms with E-state index in [1.54, 1.807) is 12.1 Å². The quantitative estimate of drug-likeness (QED) is 0.674. The lowest BCUT2D eigenvalue weighted by molar-refractivity contribution is 0.436. The molecule has 0 aliphatic carbocycles. The molecule has 5 heteroatoms. The molecule has 0 bridgehead atoms. The molecule has 0 aliphatic rings. The van der Waals surface area contributed by atoms with E-state index in [2.05, 4.69) is 27.7 Å². The predicted octanol–water partition coefficient (Wildman–Crippen LogP) is 4.33. The van der Waals surface area contributed by atoms with Crippen molar-refractivity contribution in [2.45, 2.75) is 0 Å². The predicted molar refractivity (Wildman–Crippen MR) is 84.5 cm³/mol. The third-order valence-electron chi connectivity index (χ3n) is 2.94. The van der Waals surface area contributed by atoms with Gasteiger partial charge in [-0.25, -0.2) is 4.39 Å². The van der Waals surface area contributed by atoms with Gasteiger partial charge in [-0.15, -0.1) is 0 Å². The van der Waals surface area contributed by atoms with Crippen LogP contribution in [0.5, 0.6) is 0 Å². The number of nitrogens with two attached hydrogens (primary N) is 1. The highest BCUT2D eigenvalue weighted by molar-refractivity contribution is 14.1. The smallest absolute Gasteiger partial charge is 0.176 e. The van der Waals surface area contributed by atoms with Gasteiger partial charge in [0.05, 0.1) is 5.56 Å². The van der Waals surface area contributed by atoms with Crippen LogP contribution in [-0.2, 0) is 0 Å². The Morgan fingerprint density at radius 2 is 1.80 bits per heavy atom. The van der Waals surface area contributed by atoms with Crippen molar-refractivity contribution in [2.75, 3.05) is 5.73 Å². The SMILES string of the molecule is Nc1noc(-c2cccc(I)c2)c1-c1ccc(F)cc1. The van der Waals surface area contributed by atoms with Crippen LogP contribution >= 0.6 is 22.6 Å². The van der Waals surface area contributed by atoms with Crippen molar-refractivity contribution in [3.8, 4) is 22.5 Å². The zero-order valence-electron chi connectivity index (χ0n) is 10.3. The molecule has 3 rings (SSSR count). The van der Waals surface area contributed by atoms with Gasteiger partial charge in [-0.05, 0) is 52.4 Å². The number of nitrogens with zero attached hydrogens (tertiary/aromatic N) is 1. The van der Waals surface area contributed by atoms with Crippen molar-refractivity contribution < 1.29 is 8.91 Å². The monoisotopic (exact) mass is 380 g/mol. The van der Waals surface area contributed by atoms with E-state index >= 15 is 0 Å². The van der Waals surface area contributed by atoms with Crippen LogP contribution in [0.1, 0.15) is 0 Å². The summed E-state index contributed by atoms with van der Waals surface area (Å²) in [4.78, 5) is 0. The van der Waals surface area contributed by atoms with Crippen LogP contribution in [-0.4, -0.2) is 5.16 Å². The van der Waals surface area contributed by atoms with E-state index in [4.69, 9.17) is 10.3 Å². The molecule has 0 amide bonds. The first kappa shape index (κ1) is 13.1. The lowest BCUT2D eigenvalue weighted by Gasteiger charge is -2.03. The molecule has 0 radical (unpaired) electrons. The zero-order valence-corrected chi connectivity index (χ0v) is 12.5. The van der Waals surface area contributed by atoms with Crippen LogP contribution in [0.15, 0.2) is 53.1 Å². The van der Waals surface area contributed by atoms with Crippen LogP contribution < -0.4 is 5.73 Å². The van der Waals surface area contributed by atoms with Gasteiger partial charge in [0.25, 0.3) is 0 Å². The van der Waals surface area contributed by atoms with Crippen LogP contribution in [0.3, 0.4) is 0 Å². The second-order valence-electron chi connectivity index (χ2n) is 4.29. The normalized spacial score (nSPS) is 10.7. The van der Waals surface area contributed by atoms with Gasteiger partial charge in [-0.3, -0.25) is 0 Å². The fourth-order valence-electron chi connectivity index (χ4n) is 2.02. The summed E-state index contributed by atoms with van der Waals surface area (Å²) in [5.74, 6) is 0.595. The molecular weight excluding hydrogens is 370 g/mol. The average molecular weight is 380 g/mol. The number of halogens is 2. The maximum Gasteiger partial charge on any atom is 0.176 e. The minimum Gasteiger partial charge on any atom is -0.380 e. The molecule has 0 fully saturated rings. The molecule has 1 aromatic heterocycles. The molecule has 3 aromatic rings. The standard InChI is InChI=1S/C15H10FIN2O/c16-11-6-4-9(5-7-11)13-14(20-19-15(13)18)10-2-1-3-12(17)8-10/h1-8H,(H2,18,19). The second-order valence-corrected chi connectivity index (χ2v) is 5.53. The highest BCUT2D eigenvalue weighted by atomic mass is 127.